The van der Waals surface area contributed by atoms with Crippen molar-refractivity contribution in [3.8, 4) is 17.4 Å². The number of amides is 1. The van der Waals surface area contributed by atoms with Crippen LogP contribution in [0.1, 0.15) is 44.7 Å². The van der Waals surface area contributed by atoms with Gasteiger partial charge in [0.25, 0.3) is 0 Å². The average Bonchev–Trinajstić information content (AvgIpc) is 3.35. The Kier molecular flexibility index (Phi) is 6.27. The van der Waals surface area contributed by atoms with Gasteiger partial charge in [-0.2, -0.15) is 10.1 Å². The van der Waals surface area contributed by atoms with Crippen molar-refractivity contribution in [1.82, 2.24) is 30.6 Å². The zero-order chi connectivity index (χ0) is 22.6. The van der Waals surface area contributed by atoms with Crippen LogP contribution in [0.25, 0.3) is 11.6 Å². The highest BCUT2D eigenvalue weighted by atomic mass is 19.4. The second-order valence-electron chi connectivity index (χ2n) is 7.85. The van der Waals surface area contributed by atoms with E-state index in [2.05, 4.69) is 35.4 Å². The Hall–Kier alpha value is -3.44. The highest BCUT2D eigenvalue weighted by Crippen LogP contribution is 2.32. The molecule has 0 fully saturated rings. The number of alkyl halides is 3. The number of nitrogens with one attached hydrogen (secondary N) is 2. The van der Waals surface area contributed by atoms with Gasteiger partial charge in [-0.3, -0.25) is 9.89 Å². The summed E-state index contributed by atoms with van der Waals surface area (Å²) >= 11 is 0. The standard InChI is InChI=1S/C19H21F3N6O3/c1-18(2,3)14(17-26-16(28-31-17)15-23-10-24-27-15)25-13(29)9-6-11-4-7-12(8-5-11)30-19(20,21)22/h4-5,7-8,10,14H,6,9H2,1-3H3,(H,25,29)(H,23,24,27)/t14-/m1/s1. The first-order chi connectivity index (χ1) is 14.5. The minimum absolute atomic E-state index is 0.120. The number of carbonyl (C=O) groups excluding carboxylic acids is 1. The molecular weight excluding hydrogens is 417 g/mol. The van der Waals surface area contributed by atoms with E-state index in [1.807, 2.05) is 20.8 Å². The molecule has 0 aliphatic carbocycles. The Morgan fingerprint density at radius 2 is 1.94 bits per heavy atom. The van der Waals surface area contributed by atoms with Crippen molar-refractivity contribution in [2.75, 3.05) is 0 Å². The molecule has 0 radical (unpaired) electrons. The number of rotatable bonds is 7. The van der Waals surface area contributed by atoms with E-state index in [1.165, 1.54) is 30.6 Å². The third-order valence-electron chi connectivity index (χ3n) is 4.28. The zero-order valence-corrected chi connectivity index (χ0v) is 17.0. The Bertz CT molecular complexity index is 994. The predicted molar refractivity (Wildman–Crippen MR) is 101 cm³/mol. The minimum Gasteiger partial charge on any atom is -0.406 e. The van der Waals surface area contributed by atoms with Crippen LogP contribution in [0.15, 0.2) is 35.1 Å². The summed E-state index contributed by atoms with van der Waals surface area (Å²) < 4.78 is 45.9. The SMILES string of the molecule is CC(C)(C)[C@H](NC(=O)CCc1ccc(OC(F)(F)F)cc1)c1nc(-c2ncn[nH]2)no1. The summed E-state index contributed by atoms with van der Waals surface area (Å²) in [5.41, 5.74) is 0.264. The van der Waals surface area contributed by atoms with Crippen molar-refractivity contribution in [2.45, 2.75) is 46.0 Å². The van der Waals surface area contributed by atoms with Crippen molar-refractivity contribution in [3.05, 3.63) is 42.0 Å². The first kappa shape index (κ1) is 22.2. The molecule has 2 aromatic heterocycles. The van der Waals surface area contributed by atoms with Crippen LogP contribution in [0.5, 0.6) is 5.75 Å². The van der Waals surface area contributed by atoms with Crippen molar-refractivity contribution in [3.63, 3.8) is 0 Å². The molecule has 2 N–H and O–H groups in total. The number of hydrogen-bond donors (Lipinski definition) is 2. The lowest BCUT2D eigenvalue weighted by atomic mass is 9.86. The Labute approximate surface area is 175 Å². The third kappa shape index (κ3) is 6.27. The summed E-state index contributed by atoms with van der Waals surface area (Å²) in [4.78, 5) is 20.8. The Balaban J connectivity index is 1.61. The molecular formula is C19H21F3N6O3. The van der Waals surface area contributed by atoms with Gasteiger partial charge < -0.3 is 14.6 Å². The second-order valence-corrected chi connectivity index (χ2v) is 7.85. The predicted octanol–water partition coefficient (Wildman–Crippen LogP) is 3.59. The number of ether oxygens (including phenoxy) is 1. The summed E-state index contributed by atoms with van der Waals surface area (Å²) in [6.07, 6.45) is -2.97. The monoisotopic (exact) mass is 438 g/mol. The number of carbonyl (C=O) groups is 1. The molecule has 31 heavy (non-hydrogen) atoms. The molecule has 3 rings (SSSR count). The summed E-state index contributed by atoms with van der Waals surface area (Å²) in [6.45, 7) is 5.74. The topological polar surface area (TPSA) is 119 Å². The van der Waals surface area contributed by atoms with Crippen LogP contribution in [-0.2, 0) is 11.2 Å². The molecule has 2 heterocycles. The average molecular weight is 438 g/mol. The fourth-order valence-corrected chi connectivity index (χ4v) is 2.76. The first-order valence-electron chi connectivity index (χ1n) is 9.34. The molecule has 0 aliphatic rings. The lowest BCUT2D eigenvalue weighted by molar-refractivity contribution is -0.274. The van der Waals surface area contributed by atoms with Crippen LogP contribution in [0.4, 0.5) is 13.2 Å². The summed E-state index contributed by atoms with van der Waals surface area (Å²) in [7, 11) is 0. The van der Waals surface area contributed by atoms with E-state index in [-0.39, 0.29) is 29.8 Å². The molecule has 9 nitrogen and oxygen atoms in total. The molecule has 166 valence electrons. The van der Waals surface area contributed by atoms with Crippen LogP contribution in [-0.4, -0.2) is 37.6 Å². The van der Waals surface area contributed by atoms with Gasteiger partial charge in [-0.25, -0.2) is 4.98 Å². The smallest absolute Gasteiger partial charge is 0.406 e. The molecule has 12 heteroatoms. The molecule has 0 saturated heterocycles. The molecule has 0 aliphatic heterocycles. The Morgan fingerprint density at radius 1 is 1.23 bits per heavy atom. The van der Waals surface area contributed by atoms with E-state index in [0.29, 0.717) is 17.8 Å². The number of hydrogen-bond acceptors (Lipinski definition) is 7. The van der Waals surface area contributed by atoms with Gasteiger partial charge in [-0.15, -0.1) is 13.2 Å². The largest absolute Gasteiger partial charge is 0.573 e. The van der Waals surface area contributed by atoms with Gasteiger partial charge in [-0.05, 0) is 29.5 Å². The summed E-state index contributed by atoms with van der Waals surface area (Å²) in [6, 6.07) is 4.82. The number of H-pyrrole nitrogens is 1. The highest BCUT2D eigenvalue weighted by Gasteiger charge is 2.33. The number of nitrogens with zero attached hydrogens (tertiary/aromatic N) is 4. The fraction of sp³-hybridized carbons (Fsp3) is 0.421. The first-order valence-corrected chi connectivity index (χ1v) is 9.34. The van der Waals surface area contributed by atoms with Gasteiger partial charge in [-0.1, -0.05) is 38.1 Å². The highest BCUT2D eigenvalue weighted by molar-refractivity contribution is 5.76. The number of halogens is 3. The van der Waals surface area contributed by atoms with Gasteiger partial charge in [0.2, 0.25) is 17.6 Å². The number of aryl methyl sites for hydroxylation is 1. The maximum Gasteiger partial charge on any atom is 0.573 e. The van der Waals surface area contributed by atoms with Crippen LogP contribution in [0.2, 0.25) is 0 Å². The van der Waals surface area contributed by atoms with Gasteiger partial charge >= 0.3 is 6.36 Å². The zero-order valence-electron chi connectivity index (χ0n) is 17.0. The molecule has 0 saturated carbocycles. The Morgan fingerprint density at radius 3 is 2.52 bits per heavy atom. The minimum atomic E-state index is -4.74. The molecule has 1 aromatic carbocycles. The van der Waals surface area contributed by atoms with E-state index >= 15 is 0 Å². The van der Waals surface area contributed by atoms with E-state index in [0.717, 1.165) is 0 Å². The number of aromatic amines is 1. The van der Waals surface area contributed by atoms with E-state index in [1.54, 1.807) is 0 Å². The summed E-state index contributed by atoms with van der Waals surface area (Å²) in [5, 5.41) is 13.1. The second kappa shape index (κ2) is 8.74. The number of aromatic nitrogens is 5. The van der Waals surface area contributed by atoms with Crippen molar-refractivity contribution >= 4 is 5.91 Å². The van der Waals surface area contributed by atoms with E-state index < -0.39 is 17.8 Å². The maximum atomic E-state index is 12.5. The van der Waals surface area contributed by atoms with Gasteiger partial charge in [0.05, 0.1) is 0 Å². The van der Waals surface area contributed by atoms with Crippen LogP contribution >= 0.6 is 0 Å². The lowest BCUT2D eigenvalue weighted by Crippen LogP contribution is -2.37. The van der Waals surface area contributed by atoms with E-state index in [4.69, 9.17) is 4.52 Å². The molecule has 0 unspecified atom stereocenters. The van der Waals surface area contributed by atoms with Gasteiger partial charge in [0.15, 0.2) is 5.82 Å². The van der Waals surface area contributed by atoms with Crippen molar-refractivity contribution < 1.29 is 27.2 Å². The quantitative estimate of drug-likeness (QED) is 0.579. The van der Waals surface area contributed by atoms with Crippen LogP contribution in [0, 0.1) is 5.41 Å². The third-order valence-corrected chi connectivity index (χ3v) is 4.28. The number of benzene rings is 1. The van der Waals surface area contributed by atoms with Crippen molar-refractivity contribution in [2.24, 2.45) is 5.41 Å². The summed E-state index contributed by atoms with van der Waals surface area (Å²) in [5.74, 6) is 0.201. The van der Waals surface area contributed by atoms with E-state index in [9.17, 15) is 18.0 Å². The fourth-order valence-electron chi connectivity index (χ4n) is 2.76. The molecule has 1 atom stereocenters. The lowest BCUT2D eigenvalue weighted by Gasteiger charge is -2.28. The molecule has 0 spiro atoms. The van der Waals surface area contributed by atoms with Crippen LogP contribution in [0.3, 0.4) is 0 Å². The normalized spacial score (nSPS) is 13.1. The van der Waals surface area contributed by atoms with Gasteiger partial charge in [0.1, 0.15) is 18.1 Å². The van der Waals surface area contributed by atoms with Crippen LogP contribution < -0.4 is 10.1 Å². The maximum absolute atomic E-state index is 12.5. The van der Waals surface area contributed by atoms with Gasteiger partial charge in [0, 0.05) is 6.42 Å². The molecule has 0 bridgehead atoms. The molecule has 1 amide bonds. The van der Waals surface area contributed by atoms with Crippen molar-refractivity contribution in [1.29, 1.82) is 0 Å². The molecule has 3 aromatic rings.